The van der Waals surface area contributed by atoms with E-state index >= 15 is 0 Å². The SMILES string of the molecule is CCN[Si](Cl)(C(C)CC)C(C)(C)C. The van der Waals surface area contributed by atoms with Crippen LogP contribution >= 0.6 is 11.1 Å². The Bertz CT molecular complexity index is 155. The highest BCUT2D eigenvalue weighted by atomic mass is 35.6. The van der Waals surface area contributed by atoms with Crippen molar-refractivity contribution in [1.29, 1.82) is 0 Å². The molecule has 1 nitrogen and oxygen atoms in total. The Labute approximate surface area is 89.0 Å². The summed E-state index contributed by atoms with van der Waals surface area (Å²) in [4.78, 5) is 3.55. The van der Waals surface area contributed by atoms with Gasteiger partial charge in [-0.25, -0.2) is 0 Å². The smallest absolute Gasteiger partial charge is 0.234 e. The lowest BCUT2D eigenvalue weighted by molar-refractivity contribution is 0.655. The van der Waals surface area contributed by atoms with Gasteiger partial charge >= 0.3 is 0 Å². The number of hydrogen-bond acceptors (Lipinski definition) is 1. The van der Waals surface area contributed by atoms with Crippen molar-refractivity contribution >= 4 is 18.6 Å². The summed E-state index contributed by atoms with van der Waals surface area (Å²) in [6.07, 6.45) is 1.17. The molecule has 0 amide bonds. The third kappa shape index (κ3) is 2.96. The second-order valence-corrected chi connectivity index (χ2v) is 10.9. The van der Waals surface area contributed by atoms with Gasteiger partial charge in [-0.3, -0.25) is 0 Å². The summed E-state index contributed by atoms with van der Waals surface area (Å²) in [5, 5.41) is 0.222. The van der Waals surface area contributed by atoms with Crippen LogP contribution in [0.25, 0.3) is 0 Å². The third-order valence-corrected chi connectivity index (χ3v) is 10.9. The van der Waals surface area contributed by atoms with Gasteiger partial charge in [0.25, 0.3) is 0 Å². The first kappa shape index (κ1) is 13.5. The topological polar surface area (TPSA) is 12.0 Å². The van der Waals surface area contributed by atoms with Gasteiger partial charge in [0, 0.05) is 0 Å². The van der Waals surface area contributed by atoms with E-state index in [1.807, 2.05) is 0 Å². The first-order chi connectivity index (χ1) is 5.79. The van der Waals surface area contributed by atoms with E-state index in [9.17, 15) is 0 Å². The molecule has 2 atom stereocenters. The molecule has 0 heterocycles. The minimum atomic E-state index is -1.83. The van der Waals surface area contributed by atoms with Crippen LogP contribution in [0.15, 0.2) is 0 Å². The molecule has 0 fully saturated rings. The van der Waals surface area contributed by atoms with E-state index in [4.69, 9.17) is 11.1 Å². The zero-order valence-electron chi connectivity index (χ0n) is 9.87. The Kier molecular flexibility index (Phi) is 4.98. The second kappa shape index (κ2) is 4.81. The summed E-state index contributed by atoms with van der Waals surface area (Å²) < 4.78 is 0. The molecule has 0 aromatic rings. The highest BCUT2D eigenvalue weighted by Gasteiger charge is 2.46. The lowest BCUT2D eigenvalue weighted by Gasteiger charge is -2.41. The number of hydrogen-bond donors (Lipinski definition) is 1. The predicted molar refractivity (Wildman–Crippen MR) is 64.7 cm³/mol. The number of halogens is 1. The van der Waals surface area contributed by atoms with Crippen molar-refractivity contribution < 1.29 is 0 Å². The van der Waals surface area contributed by atoms with E-state index in [1.54, 1.807) is 0 Å². The Balaban J connectivity index is 4.72. The Morgan fingerprint density at radius 1 is 1.31 bits per heavy atom. The molecular weight excluding hydrogens is 198 g/mol. The predicted octanol–water partition coefficient (Wildman–Crippen LogP) is 3.88. The molecule has 2 unspecified atom stereocenters. The molecule has 3 heteroatoms. The zero-order chi connectivity index (χ0) is 10.7. The van der Waals surface area contributed by atoms with Crippen LogP contribution in [0, 0.1) is 0 Å². The van der Waals surface area contributed by atoms with E-state index in [1.165, 1.54) is 6.42 Å². The molecule has 0 aliphatic heterocycles. The molecule has 0 bridgehead atoms. The maximum atomic E-state index is 6.79. The monoisotopic (exact) mass is 221 g/mol. The van der Waals surface area contributed by atoms with Crippen LogP contribution in [-0.4, -0.2) is 14.1 Å². The summed E-state index contributed by atoms with van der Waals surface area (Å²) in [6, 6.07) is 0. The zero-order valence-corrected chi connectivity index (χ0v) is 11.6. The lowest BCUT2D eigenvalue weighted by atomic mass is 10.2. The second-order valence-electron chi connectivity index (χ2n) is 4.80. The molecule has 0 saturated carbocycles. The fourth-order valence-electron chi connectivity index (χ4n) is 1.72. The summed E-state index contributed by atoms with van der Waals surface area (Å²) in [7, 11) is -1.83. The molecule has 0 aliphatic rings. The largest absolute Gasteiger partial charge is 0.325 e. The van der Waals surface area contributed by atoms with Gasteiger partial charge in [-0.15, -0.1) is 11.1 Å². The van der Waals surface area contributed by atoms with Gasteiger partial charge in [0.15, 0.2) is 0 Å². The molecule has 0 radical (unpaired) electrons. The van der Waals surface area contributed by atoms with Gasteiger partial charge in [-0.05, 0) is 17.1 Å². The average molecular weight is 222 g/mol. The highest BCUT2D eigenvalue weighted by Crippen LogP contribution is 2.45. The minimum absolute atomic E-state index is 0.222. The maximum Gasteiger partial charge on any atom is 0.234 e. The normalized spacial score (nSPS) is 19.6. The van der Waals surface area contributed by atoms with Crippen molar-refractivity contribution in [3.63, 3.8) is 0 Å². The van der Waals surface area contributed by atoms with E-state index in [0.717, 1.165) is 6.54 Å². The molecule has 0 rings (SSSR count). The van der Waals surface area contributed by atoms with E-state index in [0.29, 0.717) is 5.54 Å². The van der Waals surface area contributed by atoms with Crippen molar-refractivity contribution in [2.24, 2.45) is 0 Å². The van der Waals surface area contributed by atoms with Crippen LogP contribution < -0.4 is 4.98 Å². The van der Waals surface area contributed by atoms with Gasteiger partial charge in [0.1, 0.15) is 0 Å². The molecule has 0 aliphatic carbocycles. The lowest BCUT2D eigenvalue weighted by Crippen LogP contribution is -2.55. The van der Waals surface area contributed by atoms with Crippen LogP contribution in [0.1, 0.15) is 48.0 Å². The third-order valence-electron chi connectivity index (χ3n) is 2.82. The van der Waals surface area contributed by atoms with Crippen molar-refractivity contribution in [2.75, 3.05) is 6.54 Å². The number of rotatable bonds is 4. The van der Waals surface area contributed by atoms with Crippen LogP contribution in [-0.2, 0) is 0 Å². The first-order valence-electron chi connectivity index (χ1n) is 5.23. The van der Waals surface area contributed by atoms with Crippen LogP contribution in [0.4, 0.5) is 0 Å². The van der Waals surface area contributed by atoms with Crippen LogP contribution in [0.3, 0.4) is 0 Å². The van der Waals surface area contributed by atoms with Gasteiger partial charge in [-0.1, -0.05) is 48.0 Å². The van der Waals surface area contributed by atoms with Crippen molar-refractivity contribution in [3.8, 4) is 0 Å². The van der Waals surface area contributed by atoms with Crippen molar-refractivity contribution in [2.45, 2.75) is 58.5 Å². The molecular formula is C10H24ClNSi. The summed E-state index contributed by atoms with van der Waals surface area (Å²) in [5.74, 6) is 0. The minimum Gasteiger partial charge on any atom is -0.325 e. The van der Waals surface area contributed by atoms with E-state index in [-0.39, 0.29) is 5.04 Å². The molecule has 0 spiro atoms. The van der Waals surface area contributed by atoms with E-state index in [2.05, 4.69) is 46.5 Å². The molecule has 0 aromatic carbocycles. The standard InChI is InChI=1S/C10H24ClNSi/c1-7-9(3)13(11,12-8-2)10(4,5)6/h9,12H,7-8H2,1-6H3. The summed E-state index contributed by atoms with van der Waals surface area (Å²) in [5.41, 5.74) is 0.620. The Hall–Kier alpha value is 0.467. The molecule has 1 N–H and O–H groups in total. The summed E-state index contributed by atoms with van der Waals surface area (Å²) >= 11 is 6.79. The van der Waals surface area contributed by atoms with Crippen molar-refractivity contribution in [1.82, 2.24) is 4.98 Å². The van der Waals surface area contributed by atoms with Gasteiger partial charge in [0.2, 0.25) is 7.55 Å². The maximum absolute atomic E-state index is 6.79. The Morgan fingerprint density at radius 3 is 2.00 bits per heavy atom. The van der Waals surface area contributed by atoms with Crippen LogP contribution in [0.5, 0.6) is 0 Å². The average Bonchev–Trinajstić information content (AvgIpc) is 2.01. The Morgan fingerprint density at radius 2 is 1.77 bits per heavy atom. The highest BCUT2D eigenvalue weighted by molar-refractivity contribution is 7.21. The summed E-state index contributed by atoms with van der Waals surface area (Å²) in [6.45, 7) is 14.4. The van der Waals surface area contributed by atoms with Gasteiger partial charge in [-0.2, -0.15) is 0 Å². The molecule has 0 aromatic heterocycles. The fraction of sp³-hybridized carbons (Fsp3) is 1.00. The van der Waals surface area contributed by atoms with Crippen LogP contribution in [0.2, 0.25) is 10.6 Å². The fourth-order valence-corrected chi connectivity index (χ4v) is 6.02. The van der Waals surface area contributed by atoms with Crippen molar-refractivity contribution in [3.05, 3.63) is 0 Å². The van der Waals surface area contributed by atoms with E-state index < -0.39 is 7.55 Å². The van der Waals surface area contributed by atoms with Gasteiger partial charge < -0.3 is 4.98 Å². The van der Waals surface area contributed by atoms with Gasteiger partial charge in [0.05, 0.1) is 0 Å². The molecule has 0 saturated heterocycles. The quantitative estimate of drug-likeness (QED) is 0.562. The molecule has 13 heavy (non-hydrogen) atoms. The first-order valence-corrected chi connectivity index (χ1v) is 8.32. The molecule has 80 valence electrons. The number of nitrogens with one attached hydrogen (secondary N) is 1.